The van der Waals surface area contributed by atoms with Crippen LogP contribution in [0.5, 0.6) is 5.75 Å². The van der Waals surface area contributed by atoms with Crippen molar-refractivity contribution in [3.63, 3.8) is 0 Å². The van der Waals surface area contributed by atoms with E-state index < -0.39 is 7.12 Å². The van der Waals surface area contributed by atoms with Gasteiger partial charge in [0.1, 0.15) is 5.75 Å². The maximum absolute atomic E-state index is 9.63. The van der Waals surface area contributed by atoms with Gasteiger partial charge in [0.15, 0.2) is 6.79 Å². The molecule has 4 bridgehead atoms. The van der Waals surface area contributed by atoms with Crippen molar-refractivity contribution < 1.29 is 24.3 Å². The fraction of sp³-hybridized carbons (Fsp3) is 0.583. The van der Waals surface area contributed by atoms with E-state index in [2.05, 4.69) is 12.1 Å². The van der Waals surface area contributed by atoms with Gasteiger partial charge in [-0.1, -0.05) is 18.2 Å². The van der Waals surface area contributed by atoms with Crippen LogP contribution in [0, 0.1) is 17.8 Å². The zero-order chi connectivity index (χ0) is 20.7. The van der Waals surface area contributed by atoms with E-state index in [4.69, 9.17) is 14.2 Å². The van der Waals surface area contributed by atoms with Crippen LogP contribution < -0.4 is 10.2 Å². The molecule has 2 aromatic carbocycles. The predicted molar refractivity (Wildman–Crippen MR) is 117 cm³/mol. The van der Waals surface area contributed by atoms with Gasteiger partial charge in [0, 0.05) is 12.7 Å². The Balaban J connectivity index is 1.52. The zero-order valence-electron chi connectivity index (χ0n) is 17.7. The Morgan fingerprint density at radius 3 is 2.27 bits per heavy atom. The first kappa shape index (κ1) is 20.3. The summed E-state index contributed by atoms with van der Waals surface area (Å²) in [5, 5.41) is 21.3. The third-order valence-corrected chi connectivity index (χ3v) is 7.60. The van der Waals surface area contributed by atoms with Crippen LogP contribution in [0.3, 0.4) is 0 Å². The average Bonchev–Trinajstić information content (AvgIpc) is 2.71. The van der Waals surface area contributed by atoms with Crippen LogP contribution in [0.1, 0.15) is 44.1 Å². The van der Waals surface area contributed by atoms with Crippen molar-refractivity contribution in [1.29, 1.82) is 0 Å². The Morgan fingerprint density at radius 1 is 0.933 bits per heavy atom. The van der Waals surface area contributed by atoms with Gasteiger partial charge in [-0.15, -0.1) is 0 Å². The summed E-state index contributed by atoms with van der Waals surface area (Å²) in [6, 6.07) is 9.95. The molecular formula is C24H31BO5. The molecule has 4 aliphatic rings. The van der Waals surface area contributed by atoms with Gasteiger partial charge in [0.2, 0.25) is 0 Å². The Kier molecular flexibility index (Phi) is 5.52. The minimum absolute atomic E-state index is 0.179. The highest BCUT2D eigenvalue weighted by Crippen LogP contribution is 2.62. The Hall–Kier alpha value is -1.60. The minimum atomic E-state index is -1.46. The van der Waals surface area contributed by atoms with Crippen molar-refractivity contribution in [2.45, 2.75) is 43.9 Å². The van der Waals surface area contributed by atoms with E-state index in [1.807, 2.05) is 12.1 Å². The van der Waals surface area contributed by atoms with Crippen LogP contribution in [0.2, 0.25) is 0 Å². The van der Waals surface area contributed by atoms with Crippen LogP contribution in [0.25, 0.3) is 10.8 Å². The van der Waals surface area contributed by atoms with Gasteiger partial charge in [-0.3, -0.25) is 0 Å². The number of rotatable bonds is 8. The van der Waals surface area contributed by atoms with E-state index in [1.54, 1.807) is 13.2 Å². The molecule has 0 unspecified atom stereocenters. The number of methoxy groups -OCH3 is 1. The van der Waals surface area contributed by atoms with E-state index in [9.17, 15) is 10.0 Å². The van der Waals surface area contributed by atoms with Gasteiger partial charge >= 0.3 is 7.12 Å². The lowest BCUT2D eigenvalue weighted by Gasteiger charge is -2.57. The van der Waals surface area contributed by atoms with Gasteiger partial charge in [-0.05, 0) is 90.1 Å². The first-order valence-electron chi connectivity index (χ1n) is 11.2. The molecule has 0 radical (unpaired) electrons. The summed E-state index contributed by atoms with van der Waals surface area (Å²) in [7, 11) is 0.207. The van der Waals surface area contributed by atoms with Crippen molar-refractivity contribution in [1.82, 2.24) is 0 Å². The molecule has 30 heavy (non-hydrogen) atoms. The molecule has 6 rings (SSSR count). The van der Waals surface area contributed by atoms with Crippen LogP contribution in [0.4, 0.5) is 0 Å². The largest absolute Gasteiger partial charge is 0.488 e. The molecule has 0 aliphatic heterocycles. The summed E-state index contributed by atoms with van der Waals surface area (Å²) in [6.45, 7) is 1.27. The summed E-state index contributed by atoms with van der Waals surface area (Å²) < 4.78 is 16.8. The van der Waals surface area contributed by atoms with Crippen molar-refractivity contribution in [2.24, 2.45) is 17.8 Å². The number of fused-ring (bicyclic) bond motifs is 1. The van der Waals surface area contributed by atoms with E-state index >= 15 is 0 Å². The highest BCUT2D eigenvalue weighted by molar-refractivity contribution is 6.58. The maximum atomic E-state index is 9.63. The molecule has 2 aromatic rings. The Labute approximate surface area is 178 Å². The van der Waals surface area contributed by atoms with Crippen LogP contribution >= 0.6 is 0 Å². The van der Waals surface area contributed by atoms with Gasteiger partial charge in [0.25, 0.3) is 0 Å². The van der Waals surface area contributed by atoms with E-state index in [1.165, 1.54) is 44.1 Å². The first-order chi connectivity index (χ1) is 14.6. The van der Waals surface area contributed by atoms with Gasteiger partial charge in [-0.25, -0.2) is 0 Å². The molecule has 5 nitrogen and oxygen atoms in total. The smallest absolute Gasteiger partial charge is 0.467 e. The van der Waals surface area contributed by atoms with E-state index in [-0.39, 0.29) is 12.2 Å². The molecule has 0 atom stereocenters. The quantitative estimate of drug-likeness (QED) is 0.398. The molecule has 0 saturated heterocycles. The zero-order valence-corrected chi connectivity index (χ0v) is 17.7. The first-order valence-corrected chi connectivity index (χ1v) is 11.2. The molecule has 160 valence electrons. The standard InChI is InChI=1S/C24H31BO5/c1-28-4-5-29-15-30-23-11-19-2-3-21(25(26)27)9-20(19)10-22(23)24-12-16-6-17(13-24)8-18(7-16)14-24/h2-3,9-11,16-18,26-27H,4-8,12-15H2,1H3. The molecule has 4 fully saturated rings. The van der Waals surface area contributed by atoms with Crippen molar-refractivity contribution in [3.8, 4) is 5.75 Å². The Morgan fingerprint density at radius 2 is 1.63 bits per heavy atom. The highest BCUT2D eigenvalue weighted by atomic mass is 16.7. The summed E-state index contributed by atoms with van der Waals surface area (Å²) in [6.07, 6.45) is 7.91. The third-order valence-electron chi connectivity index (χ3n) is 7.60. The maximum Gasteiger partial charge on any atom is 0.488 e. The predicted octanol–water partition coefficient (Wildman–Crippen LogP) is 2.99. The molecular weight excluding hydrogens is 379 g/mol. The molecule has 0 aromatic heterocycles. The second kappa shape index (κ2) is 8.15. The monoisotopic (exact) mass is 410 g/mol. The van der Waals surface area contributed by atoms with E-state index in [0.29, 0.717) is 18.7 Å². The number of benzene rings is 2. The molecule has 4 aliphatic carbocycles. The fourth-order valence-corrected chi connectivity index (χ4v) is 6.74. The average molecular weight is 410 g/mol. The number of hydrogen-bond donors (Lipinski definition) is 2. The molecule has 6 heteroatoms. The molecule has 2 N–H and O–H groups in total. The second-order valence-electron chi connectivity index (χ2n) is 9.69. The molecule has 0 amide bonds. The second-order valence-corrected chi connectivity index (χ2v) is 9.69. The minimum Gasteiger partial charge on any atom is -0.467 e. The SMILES string of the molecule is COCCOCOc1cc2ccc(B(O)O)cc2cc1C12CC3CC(CC(C3)C1)C2. The summed E-state index contributed by atoms with van der Waals surface area (Å²) in [5.74, 6) is 3.43. The van der Waals surface area contributed by atoms with Crippen LogP contribution in [-0.4, -0.2) is 44.3 Å². The normalized spacial score (nSPS) is 29.5. The van der Waals surface area contributed by atoms with Crippen LogP contribution in [-0.2, 0) is 14.9 Å². The summed E-state index contributed by atoms with van der Waals surface area (Å²) in [5.41, 5.74) is 1.99. The lowest BCUT2D eigenvalue weighted by molar-refractivity contribution is -0.0188. The summed E-state index contributed by atoms with van der Waals surface area (Å²) >= 11 is 0. The number of ether oxygens (including phenoxy) is 3. The molecule has 0 heterocycles. The van der Waals surface area contributed by atoms with Crippen molar-refractivity contribution >= 4 is 23.4 Å². The van der Waals surface area contributed by atoms with E-state index in [0.717, 1.165) is 34.3 Å². The Bertz CT molecular complexity index is 877. The summed E-state index contributed by atoms with van der Waals surface area (Å²) in [4.78, 5) is 0. The van der Waals surface area contributed by atoms with Gasteiger partial charge in [-0.2, -0.15) is 0 Å². The fourth-order valence-electron chi connectivity index (χ4n) is 6.74. The van der Waals surface area contributed by atoms with Gasteiger partial charge in [0.05, 0.1) is 13.2 Å². The van der Waals surface area contributed by atoms with Crippen molar-refractivity contribution in [2.75, 3.05) is 27.1 Å². The van der Waals surface area contributed by atoms with Crippen molar-refractivity contribution in [3.05, 3.63) is 35.9 Å². The third kappa shape index (κ3) is 3.75. The number of hydrogen-bond acceptors (Lipinski definition) is 5. The van der Waals surface area contributed by atoms with Gasteiger partial charge < -0.3 is 24.3 Å². The highest BCUT2D eigenvalue weighted by Gasteiger charge is 2.52. The lowest BCUT2D eigenvalue weighted by Crippen LogP contribution is -2.48. The lowest BCUT2D eigenvalue weighted by atomic mass is 9.48. The molecule has 0 spiro atoms. The molecule has 4 saturated carbocycles. The topological polar surface area (TPSA) is 68.2 Å². The van der Waals surface area contributed by atoms with Crippen LogP contribution in [0.15, 0.2) is 30.3 Å².